The SMILES string of the molecule is CC(C)(O)c1ccc(NC(=O)c2cccn(-c3ccccc3OCC(F)(F)F)c2=O)cn1. The summed E-state index contributed by atoms with van der Waals surface area (Å²) in [7, 11) is 0. The van der Waals surface area contributed by atoms with E-state index in [-0.39, 0.29) is 17.0 Å². The summed E-state index contributed by atoms with van der Waals surface area (Å²) in [6, 6.07) is 11.5. The second-order valence-electron chi connectivity index (χ2n) is 7.41. The van der Waals surface area contributed by atoms with E-state index in [0.717, 1.165) is 4.57 Å². The van der Waals surface area contributed by atoms with Gasteiger partial charge in [-0.1, -0.05) is 12.1 Å². The van der Waals surface area contributed by atoms with Gasteiger partial charge >= 0.3 is 6.18 Å². The lowest BCUT2D eigenvalue weighted by atomic mass is 10.1. The van der Waals surface area contributed by atoms with Gasteiger partial charge in [0.05, 0.1) is 23.3 Å². The molecular weight excluding hydrogens is 427 g/mol. The molecule has 0 spiro atoms. The van der Waals surface area contributed by atoms with Crippen LogP contribution in [0.2, 0.25) is 0 Å². The number of alkyl halides is 3. The zero-order valence-corrected chi connectivity index (χ0v) is 17.2. The first-order valence-electron chi connectivity index (χ1n) is 9.46. The number of hydrogen-bond donors (Lipinski definition) is 2. The van der Waals surface area contributed by atoms with E-state index in [1.165, 1.54) is 60.9 Å². The van der Waals surface area contributed by atoms with Crippen LogP contribution >= 0.6 is 0 Å². The van der Waals surface area contributed by atoms with E-state index >= 15 is 0 Å². The fourth-order valence-corrected chi connectivity index (χ4v) is 2.82. The van der Waals surface area contributed by atoms with Gasteiger partial charge in [0, 0.05) is 6.20 Å². The maximum absolute atomic E-state index is 12.9. The molecule has 0 aliphatic rings. The molecule has 0 unspecified atom stereocenters. The Morgan fingerprint density at radius 2 is 1.84 bits per heavy atom. The smallest absolute Gasteiger partial charge is 0.422 e. The third-order valence-electron chi connectivity index (χ3n) is 4.36. The van der Waals surface area contributed by atoms with Gasteiger partial charge < -0.3 is 15.2 Å². The Bertz CT molecular complexity index is 1170. The van der Waals surface area contributed by atoms with E-state index in [1.807, 2.05) is 0 Å². The molecule has 10 heteroatoms. The standard InChI is InChI=1S/C22H20F3N3O4/c1-21(2,31)18-10-9-14(12-26-18)27-19(29)15-6-5-11-28(20(15)30)16-7-3-4-8-17(16)32-13-22(23,24)25/h3-12,31H,13H2,1-2H3,(H,27,29). The third kappa shape index (κ3) is 5.52. The van der Waals surface area contributed by atoms with E-state index in [1.54, 1.807) is 13.8 Å². The molecule has 0 saturated heterocycles. The zero-order chi connectivity index (χ0) is 23.5. The van der Waals surface area contributed by atoms with Crippen molar-refractivity contribution in [1.29, 1.82) is 0 Å². The van der Waals surface area contributed by atoms with Gasteiger partial charge in [0.25, 0.3) is 11.5 Å². The highest BCUT2D eigenvalue weighted by atomic mass is 19.4. The summed E-state index contributed by atoms with van der Waals surface area (Å²) in [5, 5.41) is 12.5. The molecule has 2 heterocycles. The number of para-hydroxylation sites is 2. The molecular formula is C22H20F3N3O4. The summed E-state index contributed by atoms with van der Waals surface area (Å²) >= 11 is 0. The van der Waals surface area contributed by atoms with Gasteiger partial charge in [-0.05, 0) is 50.2 Å². The van der Waals surface area contributed by atoms with Crippen LogP contribution in [0.4, 0.5) is 18.9 Å². The Kier molecular flexibility index (Phi) is 6.35. The minimum atomic E-state index is -4.55. The topological polar surface area (TPSA) is 93.5 Å². The number of carbonyl (C=O) groups is 1. The predicted molar refractivity (Wildman–Crippen MR) is 111 cm³/mol. The normalized spacial score (nSPS) is 11.8. The number of amides is 1. The van der Waals surface area contributed by atoms with Gasteiger partial charge in [0.15, 0.2) is 6.61 Å². The average molecular weight is 447 g/mol. The number of ether oxygens (including phenoxy) is 1. The summed E-state index contributed by atoms with van der Waals surface area (Å²) in [5.41, 5.74) is -1.37. The van der Waals surface area contributed by atoms with Gasteiger partial charge in [0.2, 0.25) is 0 Å². The number of aromatic nitrogens is 2. The van der Waals surface area contributed by atoms with Crippen molar-refractivity contribution in [1.82, 2.24) is 9.55 Å². The molecule has 0 aliphatic carbocycles. The average Bonchev–Trinajstić information content (AvgIpc) is 2.72. The highest BCUT2D eigenvalue weighted by Crippen LogP contribution is 2.24. The summed E-state index contributed by atoms with van der Waals surface area (Å²) < 4.78 is 43.5. The number of nitrogens with zero attached hydrogens (tertiary/aromatic N) is 2. The molecule has 0 fully saturated rings. The van der Waals surface area contributed by atoms with Gasteiger partial charge in [-0.15, -0.1) is 0 Å². The van der Waals surface area contributed by atoms with Crippen molar-refractivity contribution in [3.8, 4) is 11.4 Å². The first-order valence-corrected chi connectivity index (χ1v) is 9.46. The lowest BCUT2D eigenvalue weighted by Gasteiger charge is -2.16. The lowest BCUT2D eigenvalue weighted by molar-refractivity contribution is -0.153. The molecule has 2 aromatic heterocycles. The fourth-order valence-electron chi connectivity index (χ4n) is 2.82. The Morgan fingerprint density at radius 1 is 1.12 bits per heavy atom. The minimum absolute atomic E-state index is 0.0626. The molecule has 0 bridgehead atoms. The summed E-state index contributed by atoms with van der Waals surface area (Å²) in [6.45, 7) is 1.61. The highest BCUT2D eigenvalue weighted by Gasteiger charge is 2.29. The largest absolute Gasteiger partial charge is 0.482 e. The maximum Gasteiger partial charge on any atom is 0.422 e. The van der Waals surface area contributed by atoms with Crippen LogP contribution in [0.25, 0.3) is 5.69 Å². The fraction of sp³-hybridized carbons (Fsp3) is 0.227. The van der Waals surface area contributed by atoms with Crippen LogP contribution in [0, 0.1) is 0 Å². The number of rotatable bonds is 6. The van der Waals surface area contributed by atoms with Gasteiger partial charge in [-0.3, -0.25) is 19.1 Å². The summed E-state index contributed by atoms with van der Waals surface area (Å²) in [5.74, 6) is -0.883. The van der Waals surface area contributed by atoms with Crippen molar-refractivity contribution in [3.05, 3.63) is 82.5 Å². The van der Waals surface area contributed by atoms with Crippen molar-refractivity contribution in [2.45, 2.75) is 25.6 Å². The first-order chi connectivity index (χ1) is 15.0. The molecule has 168 valence electrons. The number of pyridine rings is 2. The number of anilines is 1. The quantitative estimate of drug-likeness (QED) is 0.602. The molecule has 1 amide bonds. The molecule has 0 atom stereocenters. The number of hydrogen-bond acceptors (Lipinski definition) is 5. The second-order valence-corrected chi connectivity index (χ2v) is 7.41. The van der Waals surface area contributed by atoms with Crippen LogP contribution in [0.5, 0.6) is 5.75 Å². The molecule has 0 radical (unpaired) electrons. The van der Waals surface area contributed by atoms with Crippen LogP contribution < -0.4 is 15.6 Å². The third-order valence-corrected chi connectivity index (χ3v) is 4.36. The molecule has 3 rings (SSSR count). The molecule has 0 saturated carbocycles. The Morgan fingerprint density at radius 3 is 2.47 bits per heavy atom. The molecule has 0 aliphatic heterocycles. The number of halogens is 3. The van der Waals surface area contributed by atoms with E-state index in [2.05, 4.69) is 10.3 Å². The van der Waals surface area contributed by atoms with Crippen molar-refractivity contribution in [2.24, 2.45) is 0 Å². The second kappa shape index (κ2) is 8.83. The van der Waals surface area contributed by atoms with E-state index in [9.17, 15) is 27.9 Å². The van der Waals surface area contributed by atoms with Crippen molar-refractivity contribution in [2.75, 3.05) is 11.9 Å². The molecule has 1 aromatic carbocycles. The van der Waals surface area contributed by atoms with Crippen LogP contribution in [-0.4, -0.2) is 33.3 Å². The van der Waals surface area contributed by atoms with Crippen molar-refractivity contribution < 1.29 is 27.8 Å². The Labute approximate surface area is 181 Å². The number of nitrogens with one attached hydrogen (secondary N) is 1. The molecule has 7 nitrogen and oxygen atoms in total. The van der Waals surface area contributed by atoms with Gasteiger partial charge in [0.1, 0.15) is 16.9 Å². The van der Waals surface area contributed by atoms with E-state index in [4.69, 9.17) is 4.74 Å². The molecule has 3 aromatic rings. The molecule has 2 N–H and O–H groups in total. The number of carbonyl (C=O) groups excluding carboxylic acids is 1. The number of aliphatic hydroxyl groups is 1. The van der Waals surface area contributed by atoms with E-state index in [0.29, 0.717) is 11.4 Å². The summed E-state index contributed by atoms with van der Waals surface area (Å²) in [4.78, 5) is 29.7. The van der Waals surface area contributed by atoms with Gasteiger partial charge in [-0.2, -0.15) is 13.2 Å². The van der Waals surface area contributed by atoms with Crippen LogP contribution in [-0.2, 0) is 5.60 Å². The zero-order valence-electron chi connectivity index (χ0n) is 17.2. The lowest BCUT2D eigenvalue weighted by Crippen LogP contribution is -2.28. The molecule has 32 heavy (non-hydrogen) atoms. The number of benzene rings is 1. The van der Waals surface area contributed by atoms with Crippen LogP contribution in [0.15, 0.2) is 65.7 Å². The predicted octanol–water partition coefficient (Wildman–Crippen LogP) is 3.65. The van der Waals surface area contributed by atoms with Crippen molar-refractivity contribution >= 4 is 11.6 Å². The van der Waals surface area contributed by atoms with Crippen LogP contribution in [0.3, 0.4) is 0 Å². The highest BCUT2D eigenvalue weighted by molar-refractivity contribution is 6.03. The Hall–Kier alpha value is -3.66. The monoisotopic (exact) mass is 447 g/mol. The first kappa shape index (κ1) is 23.0. The minimum Gasteiger partial charge on any atom is -0.482 e. The van der Waals surface area contributed by atoms with Gasteiger partial charge in [-0.25, -0.2) is 0 Å². The Balaban J connectivity index is 1.88. The van der Waals surface area contributed by atoms with Crippen LogP contribution in [0.1, 0.15) is 29.9 Å². The van der Waals surface area contributed by atoms with Crippen molar-refractivity contribution in [3.63, 3.8) is 0 Å². The maximum atomic E-state index is 12.9. The van der Waals surface area contributed by atoms with E-state index < -0.39 is 29.9 Å². The summed E-state index contributed by atoms with van der Waals surface area (Å²) in [6.07, 6.45) is -1.88.